The summed E-state index contributed by atoms with van der Waals surface area (Å²) in [5.41, 5.74) is -1.04. The first-order valence-corrected chi connectivity index (χ1v) is 6.92. The Bertz CT molecular complexity index is 758. The molecule has 0 fully saturated rings. The lowest BCUT2D eigenvalue weighted by atomic mass is 9.82. The fourth-order valence-electron chi connectivity index (χ4n) is 2.80. The van der Waals surface area contributed by atoms with Gasteiger partial charge in [-0.15, -0.1) is 0 Å². The number of phenolic OH excluding ortho intramolecular Hbond substituents is 4. The number of benzene rings is 2. The van der Waals surface area contributed by atoms with Gasteiger partial charge in [-0.3, -0.25) is 0 Å². The zero-order valence-electron chi connectivity index (χ0n) is 12.0. The minimum Gasteiger partial charge on any atom is -0.508 e. The summed E-state index contributed by atoms with van der Waals surface area (Å²) in [7, 11) is 0. The zero-order valence-corrected chi connectivity index (χ0v) is 12.0. The van der Waals surface area contributed by atoms with Crippen molar-refractivity contribution in [1.29, 1.82) is 0 Å². The van der Waals surface area contributed by atoms with E-state index in [1.54, 1.807) is 0 Å². The number of aliphatic hydroxyl groups is 2. The van der Waals surface area contributed by atoms with Crippen molar-refractivity contribution in [2.45, 2.75) is 18.1 Å². The van der Waals surface area contributed by atoms with E-state index in [4.69, 9.17) is 4.74 Å². The number of rotatable bonds is 2. The normalized spacial score (nSPS) is 23.1. The molecule has 2 aromatic carbocycles. The number of fused-ring (bicyclic) bond motifs is 1. The molecule has 2 unspecified atom stereocenters. The van der Waals surface area contributed by atoms with E-state index in [0.29, 0.717) is 5.56 Å². The van der Waals surface area contributed by atoms with Crippen molar-refractivity contribution in [3.8, 4) is 28.7 Å². The molecule has 0 bridgehead atoms. The molecule has 0 radical (unpaired) electrons. The molecule has 3 rings (SSSR count). The van der Waals surface area contributed by atoms with Crippen LogP contribution in [0.15, 0.2) is 30.3 Å². The number of hydrogen-bond acceptors (Lipinski definition) is 7. The fraction of sp³-hybridized carbons (Fsp3) is 0.250. The number of aliphatic hydroxyl groups excluding tert-OH is 2. The largest absolute Gasteiger partial charge is 0.508 e. The van der Waals surface area contributed by atoms with Crippen molar-refractivity contribution in [3.05, 3.63) is 41.5 Å². The summed E-state index contributed by atoms with van der Waals surface area (Å²) in [6.07, 6.45) is -1.25. The Morgan fingerprint density at radius 1 is 1.00 bits per heavy atom. The highest BCUT2D eigenvalue weighted by Crippen LogP contribution is 2.45. The van der Waals surface area contributed by atoms with Crippen LogP contribution < -0.4 is 4.74 Å². The van der Waals surface area contributed by atoms with Crippen LogP contribution in [0.2, 0.25) is 0 Å². The molecule has 122 valence electrons. The molecule has 1 aliphatic heterocycles. The minimum atomic E-state index is -1.60. The third kappa shape index (κ3) is 2.30. The van der Waals surface area contributed by atoms with Crippen LogP contribution in [-0.2, 0) is 12.0 Å². The second-order valence-electron chi connectivity index (χ2n) is 5.51. The van der Waals surface area contributed by atoms with Gasteiger partial charge in [0.15, 0.2) is 17.1 Å². The lowest BCUT2D eigenvalue weighted by molar-refractivity contribution is -0.103. The molecule has 23 heavy (non-hydrogen) atoms. The molecule has 2 aromatic rings. The SMILES string of the molecule is OCC1(c2ccc(O)c(O)c2)Oc2cc(O)cc(O)c2CC1O. The van der Waals surface area contributed by atoms with Crippen molar-refractivity contribution >= 4 is 0 Å². The van der Waals surface area contributed by atoms with Crippen LogP contribution in [-0.4, -0.2) is 43.4 Å². The quantitative estimate of drug-likeness (QED) is 0.449. The Kier molecular flexibility index (Phi) is 3.46. The molecular weight excluding hydrogens is 304 g/mol. The molecule has 7 heteroatoms. The molecular formula is C16H16O7. The van der Waals surface area contributed by atoms with Crippen LogP contribution >= 0.6 is 0 Å². The highest BCUT2D eigenvalue weighted by molar-refractivity contribution is 5.53. The van der Waals surface area contributed by atoms with Gasteiger partial charge in [0.05, 0.1) is 6.61 Å². The summed E-state index contributed by atoms with van der Waals surface area (Å²) in [4.78, 5) is 0. The van der Waals surface area contributed by atoms with E-state index in [9.17, 15) is 30.6 Å². The maximum atomic E-state index is 10.5. The summed E-state index contributed by atoms with van der Waals surface area (Å²) >= 11 is 0. The van der Waals surface area contributed by atoms with Gasteiger partial charge < -0.3 is 35.4 Å². The predicted octanol–water partition coefficient (Wildman–Crippen LogP) is 0.693. The van der Waals surface area contributed by atoms with Crippen LogP contribution in [0.3, 0.4) is 0 Å². The molecule has 0 spiro atoms. The van der Waals surface area contributed by atoms with Crippen LogP contribution in [0.5, 0.6) is 28.7 Å². The fourth-order valence-corrected chi connectivity index (χ4v) is 2.80. The summed E-state index contributed by atoms with van der Waals surface area (Å²) < 4.78 is 5.71. The third-order valence-corrected chi connectivity index (χ3v) is 4.10. The predicted molar refractivity (Wildman–Crippen MR) is 78.6 cm³/mol. The second-order valence-corrected chi connectivity index (χ2v) is 5.51. The summed E-state index contributed by atoms with van der Waals surface area (Å²) in [5, 5.41) is 58.8. The van der Waals surface area contributed by atoms with E-state index in [2.05, 4.69) is 0 Å². The molecule has 0 saturated heterocycles. The van der Waals surface area contributed by atoms with Crippen LogP contribution in [0.1, 0.15) is 11.1 Å². The van der Waals surface area contributed by atoms with Crippen LogP contribution in [0, 0.1) is 0 Å². The van der Waals surface area contributed by atoms with E-state index in [0.717, 1.165) is 6.07 Å². The summed E-state index contributed by atoms with van der Waals surface area (Å²) in [6, 6.07) is 6.21. The Balaban J connectivity index is 2.13. The first-order valence-electron chi connectivity index (χ1n) is 6.92. The Labute approximate surface area is 131 Å². The Morgan fingerprint density at radius 3 is 2.39 bits per heavy atom. The average Bonchev–Trinajstić information content (AvgIpc) is 2.50. The molecule has 6 N–H and O–H groups in total. The molecule has 7 nitrogen and oxygen atoms in total. The van der Waals surface area contributed by atoms with Crippen LogP contribution in [0.4, 0.5) is 0 Å². The highest BCUT2D eigenvalue weighted by Gasteiger charge is 2.46. The first-order chi connectivity index (χ1) is 10.9. The van der Waals surface area contributed by atoms with E-state index >= 15 is 0 Å². The van der Waals surface area contributed by atoms with Gasteiger partial charge in [0.2, 0.25) is 0 Å². The van der Waals surface area contributed by atoms with Gasteiger partial charge in [-0.05, 0) is 12.1 Å². The van der Waals surface area contributed by atoms with Crippen molar-refractivity contribution in [3.63, 3.8) is 0 Å². The smallest absolute Gasteiger partial charge is 0.183 e. The topological polar surface area (TPSA) is 131 Å². The summed E-state index contributed by atoms with van der Waals surface area (Å²) in [6.45, 7) is -0.617. The monoisotopic (exact) mass is 320 g/mol. The van der Waals surface area contributed by atoms with Gasteiger partial charge in [-0.1, -0.05) is 6.07 Å². The van der Waals surface area contributed by atoms with E-state index in [1.165, 1.54) is 24.3 Å². The molecule has 0 aliphatic carbocycles. The van der Waals surface area contributed by atoms with Crippen molar-refractivity contribution in [2.75, 3.05) is 6.61 Å². The molecule has 1 aliphatic rings. The average molecular weight is 320 g/mol. The van der Waals surface area contributed by atoms with Gasteiger partial charge in [0.1, 0.15) is 23.4 Å². The van der Waals surface area contributed by atoms with Crippen molar-refractivity contribution in [2.24, 2.45) is 0 Å². The van der Waals surface area contributed by atoms with Gasteiger partial charge in [0, 0.05) is 29.7 Å². The number of hydrogen-bond donors (Lipinski definition) is 6. The van der Waals surface area contributed by atoms with Gasteiger partial charge in [-0.25, -0.2) is 0 Å². The van der Waals surface area contributed by atoms with Gasteiger partial charge in [0.25, 0.3) is 0 Å². The first kappa shape index (κ1) is 15.3. The molecule has 0 aromatic heterocycles. The second kappa shape index (κ2) is 5.22. The van der Waals surface area contributed by atoms with E-state index < -0.39 is 24.1 Å². The Morgan fingerprint density at radius 2 is 1.74 bits per heavy atom. The lowest BCUT2D eigenvalue weighted by Crippen LogP contribution is -2.51. The molecule has 0 amide bonds. The zero-order chi connectivity index (χ0) is 16.8. The Hall–Kier alpha value is -2.64. The third-order valence-electron chi connectivity index (χ3n) is 4.10. The summed E-state index contributed by atoms with van der Waals surface area (Å²) in [5.74, 6) is -1.09. The van der Waals surface area contributed by atoms with Gasteiger partial charge >= 0.3 is 0 Å². The molecule has 0 saturated carbocycles. The highest BCUT2D eigenvalue weighted by atomic mass is 16.5. The number of ether oxygens (including phenoxy) is 1. The van der Waals surface area contributed by atoms with E-state index in [-0.39, 0.29) is 35.0 Å². The maximum Gasteiger partial charge on any atom is 0.183 e. The lowest BCUT2D eigenvalue weighted by Gasteiger charge is -2.41. The van der Waals surface area contributed by atoms with Crippen molar-refractivity contribution < 1.29 is 35.4 Å². The van der Waals surface area contributed by atoms with Crippen LogP contribution in [0.25, 0.3) is 0 Å². The number of phenols is 4. The minimum absolute atomic E-state index is 0.0242. The maximum absolute atomic E-state index is 10.5. The van der Waals surface area contributed by atoms with Gasteiger partial charge in [-0.2, -0.15) is 0 Å². The molecule has 1 heterocycles. The van der Waals surface area contributed by atoms with Crippen molar-refractivity contribution in [1.82, 2.24) is 0 Å². The standard InChI is InChI=1S/C16H16O7/c17-7-16(8-1-2-11(19)13(21)3-8)15(22)6-10-12(20)4-9(18)5-14(10)23-16/h1-5,15,17-22H,6-7H2. The molecule has 2 atom stereocenters. The van der Waals surface area contributed by atoms with E-state index in [1.807, 2.05) is 0 Å². The number of aromatic hydroxyl groups is 4.